The maximum Gasteiger partial charge on any atom is 0.315 e. The molecule has 0 fully saturated rings. The zero-order valence-corrected chi connectivity index (χ0v) is 13.1. The van der Waals surface area contributed by atoms with E-state index in [4.69, 9.17) is 10.00 Å². The molecule has 0 aliphatic rings. The number of nitro groups is 1. The van der Waals surface area contributed by atoms with Gasteiger partial charge in [0.1, 0.15) is 11.6 Å². The zero-order valence-electron chi connectivity index (χ0n) is 13.1. The molecule has 1 amide bonds. The van der Waals surface area contributed by atoms with Gasteiger partial charge in [-0.15, -0.1) is 0 Å². The summed E-state index contributed by atoms with van der Waals surface area (Å²) in [4.78, 5) is 23.9. The molecule has 0 atom stereocenters. The lowest BCUT2D eigenvalue weighted by Gasteiger charge is -2.17. The molecular formula is C15H17N3O5. The summed E-state index contributed by atoms with van der Waals surface area (Å²) in [6.45, 7) is 4.42. The van der Waals surface area contributed by atoms with Crippen molar-refractivity contribution in [3.05, 3.63) is 33.4 Å². The predicted molar refractivity (Wildman–Crippen MR) is 82.8 cm³/mol. The number of amides is 1. The van der Waals surface area contributed by atoms with Crippen molar-refractivity contribution in [2.24, 2.45) is 0 Å². The van der Waals surface area contributed by atoms with Gasteiger partial charge in [-0.2, -0.15) is 5.26 Å². The number of phenolic OH excluding ortho intramolecular Hbond substituents is 1. The van der Waals surface area contributed by atoms with Crippen LogP contribution in [0.15, 0.2) is 17.7 Å². The summed E-state index contributed by atoms with van der Waals surface area (Å²) in [5, 5.41) is 30.0. The lowest BCUT2D eigenvalue weighted by Crippen LogP contribution is -2.31. The highest BCUT2D eigenvalue weighted by molar-refractivity contribution is 6.01. The average Bonchev–Trinajstić information content (AvgIpc) is 2.52. The van der Waals surface area contributed by atoms with Crippen molar-refractivity contribution in [1.29, 1.82) is 5.26 Å². The fraction of sp³-hybridized carbons (Fsp3) is 0.333. The first kappa shape index (κ1) is 18.0. The average molecular weight is 319 g/mol. The van der Waals surface area contributed by atoms with Gasteiger partial charge in [0.15, 0.2) is 5.75 Å². The van der Waals surface area contributed by atoms with Gasteiger partial charge in [-0.1, -0.05) is 0 Å². The van der Waals surface area contributed by atoms with E-state index in [1.165, 1.54) is 24.2 Å². The van der Waals surface area contributed by atoms with E-state index < -0.39 is 22.3 Å². The van der Waals surface area contributed by atoms with Crippen molar-refractivity contribution in [1.82, 2.24) is 4.90 Å². The van der Waals surface area contributed by atoms with Gasteiger partial charge in [-0.25, -0.2) is 0 Å². The van der Waals surface area contributed by atoms with Crippen molar-refractivity contribution in [3.63, 3.8) is 0 Å². The molecule has 0 aliphatic carbocycles. The number of aromatic hydroxyl groups is 1. The molecule has 1 N–H and O–H groups in total. The lowest BCUT2D eigenvalue weighted by molar-refractivity contribution is -0.385. The third kappa shape index (κ3) is 3.97. The van der Waals surface area contributed by atoms with Gasteiger partial charge >= 0.3 is 5.69 Å². The number of rotatable bonds is 6. The predicted octanol–water partition coefficient (Wildman–Crippen LogP) is 2.08. The summed E-state index contributed by atoms with van der Waals surface area (Å²) in [6.07, 6.45) is 1.20. The Balaban J connectivity index is 3.38. The molecule has 23 heavy (non-hydrogen) atoms. The summed E-state index contributed by atoms with van der Waals surface area (Å²) < 4.78 is 4.79. The second-order valence-electron chi connectivity index (χ2n) is 4.50. The van der Waals surface area contributed by atoms with Crippen LogP contribution in [0, 0.1) is 21.4 Å². The lowest BCUT2D eigenvalue weighted by atomic mass is 10.1. The first-order chi connectivity index (χ1) is 10.9. The van der Waals surface area contributed by atoms with Crippen LogP contribution in [0.5, 0.6) is 11.5 Å². The van der Waals surface area contributed by atoms with Crippen molar-refractivity contribution < 1.29 is 19.6 Å². The van der Waals surface area contributed by atoms with E-state index in [2.05, 4.69) is 0 Å². The Labute approximate surface area is 133 Å². The van der Waals surface area contributed by atoms with Gasteiger partial charge in [0, 0.05) is 19.2 Å². The number of nitrogens with zero attached hydrogens (tertiary/aromatic N) is 3. The Morgan fingerprint density at radius 3 is 2.52 bits per heavy atom. The summed E-state index contributed by atoms with van der Waals surface area (Å²) in [7, 11) is 1.20. The number of phenols is 1. The van der Waals surface area contributed by atoms with Gasteiger partial charge in [-0.05, 0) is 31.6 Å². The number of methoxy groups -OCH3 is 1. The van der Waals surface area contributed by atoms with Gasteiger partial charge in [0.25, 0.3) is 5.91 Å². The van der Waals surface area contributed by atoms with Crippen LogP contribution in [0.2, 0.25) is 0 Å². The second kappa shape index (κ2) is 7.79. The first-order valence-corrected chi connectivity index (χ1v) is 6.85. The SMILES string of the molecule is CCN(CC)C(=O)/C(C#N)=C/c1cc(O)c(OC)c([N+](=O)[O-])c1. The Bertz CT molecular complexity index is 687. The molecule has 1 aromatic rings. The largest absolute Gasteiger partial charge is 0.504 e. The third-order valence-electron chi connectivity index (χ3n) is 3.19. The molecule has 0 aromatic heterocycles. The number of nitriles is 1. The van der Waals surface area contributed by atoms with Crippen LogP contribution < -0.4 is 4.74 Å². The minimum absolute atomic E-state index is 0.159. The monoisotopic (exact) mass is 319 g/mol. The van der Waals surface area contributed by atoms with E-state index in [9.17, 15) is 20.0 Å². The number of benzene rings is 1. The number of nitro benzene ring substituents is 1. The van der Waals surface area contributed by atoms with E-state index in [1.807, 2.05) is 0 Å². The van der Waals surface area contributed by atoms with Gasteiger partial charge in [-0.3, -0.25) is 14.9 Å². The number of carbonyl (C=O) groups is 1. The zero-order chi connectivity index (χ0) is 17.6. The molecule has 8 nitrogen and oxygen atoms in total. The highest BCUT2D eigenvalue weighted by Gasteiger charge is 2.21. The van der Waals surface area contributed by atoms with E-state index in [-0.39, 0.29) is 16.9 Å². The van der Waals surface area contributed by atoms with Crippen LogP contribution in [0.4, 0.5) is 5.69 Å². The van der Waals surface area contributed by atoms with Gasteiger partial charge in [0.2, 0.25) is 5.75 Å². The molecule has 0 saturated heterocycles. The Morgan fingerprint density at radius 1 is 1.48 bits per heavy atom. The summed E-state index contributed by atoms with van der Waals surface area (Å²) in [6, 6.07) is 4.11. The van der Waals surface area contributed by atoms with Crippen molar-refractivity contribution in [3.8, 4) is 17.6 Å². The van der Waals surface area contributed by atoms with E-state index in [1.54, 1.807) is 19.9 Å². The molecule has 0 unspecified atom stereocenters. The summed E-state index contributed by atoms with van der Waals surface area (Å²) in [5.41, 5.74) is -0.467. The molecule has 0 spiro atoms. The van der Waals surface area contributed by atoms with Crippen molar-refractivity contribution in [2.45, 2.75) is 13.8 Å². The van der Waals surface area contributed by atoms with Crippen LogP contribution in [-0.2, 0) is 4.79 Å². The number of carbonyl (C=O) groups excluding carboxylic acids is 1. The van der Waals surface area contributed by atoms with Crippen LogP contribution >= 0.6 is 0 Å². The number of hydrogen-bond donors (Lipinski definition) is 1. The number of hydrogen-bond acceptors (Lipinski definition) is 6. The van der Waals surface area contributed by atoms with Crippen LogP contribution in [0.1, 0.15) is 19.4 Å². The quantitative estimate of drug-likeness (QED) is 0.371. The minimum Gasteiger partial charge on any atom is -0.504 e. The fourth-order valence-electron chi connectivity index (χ4n) is 2.04. The molecule has 0 bridgehead atoms. The van der Waals surface area contributed by atoms with E-state index in [0.717, 1.165) is 6.07 Å². The van der Waals surface area contributed by atoms with E-state index >= 15 is 0 Å². The Morgan fingerprint density at radius 2 is 2.09 bits per heavy atom. The molecular weight excluding hydrogens is 302 g/mol. The standard InChI is InChI=1S/C15H17N3O5/c1-4-17(5-2)15(20)11(9-16)6-10-7-12(18(21)22)14(23-3)13(19)8-10/h6-8,19H,4-5H2,1-3H3/b11-6+. The molecule has 0 radical (unpaired) electrons. The van der Waals surface area contributed by atoms with Crippen molar-refractivity contribution >= 4 is 17.7 Å². The summed E-state index contributed by atoms with van der Waals surface area (Å²) >= 11 is 0. The molecule has 0 aliphatic heterocycles. The van der Waals surface area contributed by atoms with E-state index in [0.29, 0.717) is 13.1 Å². The molecule has 8 heteroatoms. The minimum atomic E-state index is -0.714. The molecule has 122 valence electrons. The normalized spacial score (nSPS) is 10.8. The van der Waals surface area contributed by atoms with Crippen molar-refractivity contribution in [2.75, 3.05) is 20.2 Å². The molecule has 0 saturated carbocycles. The third-order valence-corrected chi connectivity index (χ3v) is 3.19. The van der Waals surface area contributed by atoms with Gasteiger partial charge < -0.3 is 14.7 Å². The van der Waals surface area contributed by atoms with Crippen LogP contribution in [-0.4, -0.2) is 41.0 Å². The highest BCUT2D eigenvalue weighted by atomic mass is 16.6. The Kier molecular flexibility index (Phi) is 6.09. The second-order valence-corrected chi connectivity index (χ2v) is 4.50. The topological polar surface area (TPSA) is 117 Å². The maximum atomic E-state index is 12.2. The molecule has 0 heterocycles. The van der Waals surface area contributed by atoms with Crippen LogP contribution in [0.25, 0.3) is 6.08 Å². The van der Waals surface area contributed by atoms with Crippen LogP contribution in [0.3, 0.4) is 0 Å². The molecule has 1 rings (SSSR count). The fourth-order valence-corrected chi connectivity index (χ4v) is 2.04. The number of ether oxygens (including phenoxy) is 1. The maximum absolute atomic E-state index is 12.2. The first-order valence-electron chi connectivity index (χ1n) is 6.85. The smallest absolute Gasteiger partial charge is 0.315 e. The number of likely N-dealkylation sites (N-methyl/N-ethyl adjacent to an activating group) is 1. The van der Waals surface area contributed by atoms with Gasteiger partial charge in [0.05, 0.1) is 12.0 Å². The highest BCUT2D eigenvalue weighted by Crippen LogP contribution is 2.37. The molecule has 1 aromatic carbocycles. The Hall–Kier alpha value is -3.08. The summed E-state index contributed by atoms with van der Waals surface area (Å²) in [5.74, 6) is -1.20.